The number of non-ortho nitro benzene ring substituents is 1. The van der Waals surface area contributed by atoms with Crippen LogP contribution in [0.1, 0.15) is 54.4 Å². The van der Waals surface area contributed by atoms with Gasteiger partial charge in [-0.3, -0.25) is 20.2 Å². The summed E-state index contributed by atoms with van der Waals surface area (Å²) in [6, 6.07) is 4.45. The second-order valence-electron chi connectivity index (χ2n) is 6.56. The standard InChI is InChI=1S/C18H23N5O3S/c1-2-3-4-7-16-20-21-18(27-16)19-17(24)14-12-13(23(25)26)8-9-15(14)22-10-5-6-11-22/h8-9,12H,2-7,10-11H2,1H3,(H,19,21,24). The van der Waals surface area contributed by atoms with Crippen molar-refractivity contribution in [3.05, 3.63) is 38.9 Å². The molecule has 27 heavy (non-hydrogen) atoms. The zero-order valence-electron chi connectivity index (χ0n) is 15.3. The average Bonchev–Trinajstić information content (AvgIpc) is 3.33. The molecule has 0 saturated carbocycles. The summed E-state index contributed by atoms with van der Waals surface area (Å²) >= 11 is 1.35. The maximum absolute atomic E-state index is 12.8. The number of aryl methyl sites for hydroxylation is 1. The number of nitro groups is 1. The molecule has 144 valence electrons. The van der Waals surface area contributed by atoms with Gasteiger partial charge in [0.25, 0.3) is 11.6 Å². The Morgan fingerprint density at radius 2 is 2.07 bits per heavy atom. The summed E-state index contributed by atoms with van der Waals surface area (Å²) in [5.74, 6) is -0.392. The number of aromatic nitrogens is 2. The van der Waals surface area contributed by atoms with Crippen LogP contribution in [0.25, 0.3) is 0 Å². The van der Waals surface area contributed by atoms with Gasteiger partial charge in [-0.25, -0.2) is 0 Å². The number of carbonyl (C=O) groups excluding carboxylic acids is 1. The lowest BCUT2D eigenvalue weighted by Crippen LogP contribution is -2.23. The number of carbonyl (C=O) groups is 1. The Labute approximate surface area is 161 Å². The normalized spacial score (nSPS) is 13.7. The number of rotatable bonds is 8. The van der Waals surface area contributed by atoms with Gasteiger partial charge < -0.3 is 4.90 Å². The van der Waals surface area contributed by atoms with E-state index in [4.69, 9.17) is 0 Å². The number of hydrogen-bond donors (Lipinski definition) is 1. The third kappa shape index (κ3) is 4.79. The summed E-state index contributed by atoms with van der Waals surface area (Å²) in [7, 11) is 0. The number of nitrogens with one attached hydrogen (secondary N) is 1. The molecule has 1 N–H and O–H groups in total. The van der Waals surface area contributed by atoms with E-state index in [1.165, 1.54) is 23.5 Å². The van der Waals surface area contributed by atoms with E-state index in [1.807, 2.05) is 0 Å². The Morgan fingerprint density at radius 1 is 1.30 bits per heavy atom. The van der Waals surface area contributed by atoms with Crippen LogP contribution in [0.15, 0.2) is 18.2 Å². The van der Waals surface area contributed by atoms with Crippen molar-refractivity contribution in [1.82, 2.24) is 10.2 Å². The molecule has 0 unspecified atom stereocenters. The molecule has 1 saturated heterocycles. The van der Waals surface area contributed by atoms with E-state index >= 15 is 0 Å². The Balaban J connectivity index is 1.78. The lowest BCUT2D eigenvalue weighted by Gasteiger charge is -2.20. The first kappa shape index (κ1) is 19.2. The van der Waals surface area contributed by atoms with Crippen LogP contribution in [0.3, 0.4) is 0 Å². The summed E-state index contributed by atoms with van der Waals surface area (Å²) in [6.07, 6.45) is 6.26. The fourth-order valence-electron chi connectivity index (χ4n) is 3.15. The van der Waals surface area contributed by atoms with Crippen LogP contribution >= 0.6 is 11.3 Å². The third-order valence-electron chi connectivity index (χ3n) is 4.56. The van der Waals surface area contributed by atoms with Crippen LogP contribution in [0.5, 0.6) is 0 Å². The SMILES string of the molecule is CCCCCc1nnc(NC(=O)c2cc([N+](=O)[O-])ccc2N2CCCC2)s1. The third-order valence-corrected chi connectivity index (χ3v) is 5.46. The number of unbranched alkanes of at least 4 members (excludes halogenated alkanes) is 2. The molecule has 1 aromatic carbocycles. The van der Waals surface area contributed by atoms with Crippen molar-refractivity contribution >= 4 is 33.8 Å². The van der Waals surface area contributed by atoms with Crippen molar-refractivity contribution in [2.75, 3.05) is 23.3 Å². The number of nitro benzene ring substituents is 1. The topological polar surface area (TPSA) is 101 Å². The first-order valence-electron chi connectivity index (χ1n) is 9.25. The number of benzene rings is 1. The van der Waals surface area contributed by atoms with Crippen LogP contribution in [-0.4, -0.2) is 34.1 Å². The van der Waals surface area contributed by atoms with Crippen molar-refractivity contribution in [2.45, 2.75) is 45.4 Å². The van der Waals surface area contributed by atoms with E-state index in [0.717, 1.165) is 62.3 Å². The Morgan fingerprint density at radius 3 is 2.78 bits per heavy atom. The molecule has 9 heteroatoms. The van der Waals surface area contributed by atoms with Gasteiger partial charge in [0.15, 0.2) is 0 Å². The molecule has 1 aromatic heterocycles. The van der Waals surface area contributed by atoms with Gasteiger partial charge in [-0.1, -0.05) is 31.1 Å². The predicted octanol–water partition coefficient (Wildman–Crippen LogP) is 4.03. The second kappa shape index (κ2) is 8.90. The van der Waals surface area contributed by atoms with Crippen LogP contribution in [0.2, 0.25) is 0 Å². The summed E-state index contributed by atoms with van der Waals surface area (Å²) in [5.41, 5.74) is 0.928. The molecule has 1 fully saturated rings. The van der Waals surface area contributed by atoms with Gasteiger partial charge in [-0.05, 0) is 25.3 Å². The molecule has 1 aliphatic rings. The Kier molecular flexibility index (Phi) is 6.33. The van der Waals surface area contributed by atoms with Gasteiger partial charge in [-0.15, -0.1) is 10.2 Å². The molecule has 2 heterocycles. The highest BCUT2D eigenvalue weighted by atomic mass is 32.1. The van der Waals surface area contributed by atoms with Gasteiger partial charge in [-0.2, -0.15) is 0 Å². The van der Waals surface area contributed by atoms with E-state index in [1.54, 1.807) is 6.07 Å². The lowest BCUT2D eigenvalue weighted by atomic mass is 10.1. The highest BCUT2D eigenvalue weighted by Gasteiger charge is 2.23. The lowest BCUT2D eigenvalue weighted by molar-refractivity contribution is -0.384. The van der Waals surface area contributed by atoms with Crippen LogP contribution in [-0.2, 0) is 6.42 Å². The van der Waals surface area contributed by atoms with E-state index in [-0.39, 0.29) is 5.69 Å². The van der Waals surface area contributed by atoms with Gasteiger partial charge in [0.2, 0.25) is 5.13 Å². The van der Waals surface area contributed by atoms with Gasteiger partial charge in [0, 0.05) is 31.6 Å². The zero-order valence-corrected chi connectivity index (χ0v) is 16.1. The summed E-state index contributed by atoms with van der Waals surface area (Å²) < 4.78 is 0. The summed E-state index contributed by atoms with van der Waals surface area (Å²) in [5, 5.41) is 23.3. The van der Waals surface area contributed by atoms with Crippen molar-refractivity contribution in [3.63, 3.8) is 0 Å². The molecule has 2 aromatic rings. The molecule has 0 atom stereocenters. The maximum Gasteiger partial charge on any atom is 0.270 e. The first-order valence-corrected chi connectivity index (χ1v) is 10.1. The fourth-order valence-corrected chi connectivity index (χ4v) is 3.93. The molecule has 1 aliphatic heterocycles. The largest absolute Gasteiger partial charge is 0.371 e. The van der Waals surface area contributed by atoms with Crippen LogP contribution < -0.4 is 10.2 Å². The molecule has 0 bridgehead atoms. The molecule has 0 aliphatic carbocycles. The number of nitrogens with zero attached hydrogens (tertiary/aromatic N) is 4. The zero-order chi connectivity index (χ0) is 19.2. The summed E-state index contributed by atoms with van der Waals surface area (Å²) in [6.45, 7) is 3.83. The second-order valence-corrected chi connectivity index (χ2v) is 7.63. The Bertz CT molecular complexity index is 817. The van der Waals surface area contributed by atoms with Crippen molar-refractivity contribution in [2.24, 2.45) is 0 Å². The molecule has 0 radical (unpaired) electrons. The van der Waals surface area contributed by atoms with Gasteiger partial charge in [0.1, 0.15) is 5.01 Å². The minimum Gasteiger partial charge on any atom is -0.371 e. The highest BCUT2D eigenvalue weighted by Crippen LogP contribution is 2.29. The monoisotopic (exact) mass is 389 g/mol. The fraction of sp³-hybridized carbons (Fsp3) is 0.500. The Hall–Kier alpha value is -2.55. The van der Waals surface area contributed by atoms with E-state index in [0.29, 0.717) is 10.7 Å². The quantitative estimate of drug-likeness (QED) is 0.415. The predicted molar refractivity (Wildman–Crippen MR) is 106 cm³/mol. The molecular weight excluding hydrogens is 366 g/mol. The van der Waals surface area contributed by atoms with Gasteiger partial charge >= 0.3 is 0 Å². The molecule has 3 rings (SSSR count). The number of amides is 1. The maximum atomic E-state index is 12.8. The average molecular weight is 389 g/mol. The first-order chi connectivity index (χ1) is 13.1. The molecule has 8 nitrogen and oxygen atoms in total. The molecule has 0 spiro atoms. The van der Waals surface area contributed by atoms with Crippen molar-refractivity contribution in [3.8, 4) is 0 Å². The van der Waals surface area contributed by atoms with E-state index in [2.05, 4.69) is 27.3 Å². The van der Waals surface area contributed by atoms with Crippen LogP contribution in [0.4, 0.5) is 16.5 Å². The van der Waals surface area contributed by atoms with Crippen LogP contribution in [0, 0.1) is 10.1 Å². The number of anilines is 2. The molecule has 1 amide bonds. The number of hydrogen-bond acceptors (Lipinski definition) is 7. The minimum absolute atomic E-state index is 0.0967. The van der Waals surface area contributed by atoms with E-state index < -0.39 is 10.8 Å². The summed E-state index contributed by atoms with van der Waals surface area (Å²) in [4.78, 5) is 25.6. The van der Waals surface area contributed by atoms with E-state index in [9.17, 15) is 14.9 Å². The highest BCUT2D eigenvalue weighted by molar-refractivity contribution is 7.15. The minimum atomic E-state index is -0.485. The van der Waals surface area contributed by atoms with Gasteiger partial charge in [0.05, 0.1) is 16.2 Å². The smallest absolute Gasteiger partial charge is 0.270 e. The molecular formula is C18H23N5O3S. The van der Waals surface area contributed by atoms with Crippen molar-refractivity contribution in [1.29, 1.82) is 0 Å². The van der Waals surface area contributed by atoms with Crippen molar-refractivity contribution < 1.29 is 9.72 Å².